The summed E-state index contributed by atoms with van der Waals surface area (Å²) in [6.07, 6.45) is 6.47. The number of amides is 1. The second-order valence-electron chi connectivity index (χ2n) is 8.73. The van der Waals surface area contributed by atoms with Gasteiger partial charge in [-0.15, -0.1) is 0 Å². The lowest BCUT2D eigenvalue weighted by molar-refractivity contribution is -0.134. The Kier molecular flexibility index (Phi) is 5.41. The average molecular weight is 414 g/mol. The van der Waals surface area contributed by atoms with Crippen molar-refractivity contribution in [1.29, 1.82) is 0 Å². The minimum Gasteiger partial charge on any atom is -0.361 e. The van der Waals surface area contributed by atoms with Gasteiger partial charge in [0.15, 0.2) is 0 Å². The summed E-state index contributed by atoms with van der Waals surface area (Å²) in [6, 6.07) is 17.5. The third kappa shape index (κ3) is 3.59. The normalized spacial score (nSPS) is 20.4. The van der Waals surface area contributed by atoms with Gasteiger partial charge in [0.05, 0.1) is 5.92 Å². The summed E-state index contributed by atoms with van der Waals surface area (Å²) in [5, 5.41) is 1.34. The van der Waals surface area contributed by atoms with E-state index in [1.807, 2.05) is 4.90 Å². The fraction of sp³-hybridized carbons (Fsp3) is 0.370. The van der Waals surface area contributed by atoms with E-state index < -0.39 is 0 Å². The maximum Gasteiger partial charge on any atom is 0.230 e. The minimum atomic E-state index is -0.0855. The van der Waals surface area contributed by atoms with Gasteiger partial charge < -0.3 is 9.88 Å². The first-order valence-electron chi connectivity index (χ1n) is 11.6. The molecule has 0 fully saturated rings. The Morgan fingerprint density at radius 1 is 1.10 bits per heavy atom. The number of carbonyl (C=O) groups excluding carboxylic acids is 1. The molecule has 4 heteroatoms. The number of hydrogen-bond acceptors (Lipinski definition) is 2. The van der Waals surface area contributed by atoms with Crippen molar-refractivity contribution in [1.82, 2.24) is 14.8 Å². The molecule has 0 saturated carbocycles. The molecule has 1 aromatic heterocycles. The number of nitrogens with one attached hydrogen (secondary N) is 1. The molecule has 1 N–H and O–H groups in total. The van der Waals surface area contributed by atoms with Crippen molar-refractivity contribution < 1.29 is 4.79 Å². The van der Waals surface area contributed by atoms with Crippen LogP contribution in [0.1, 0.15) is 30.5 Å². The van der Waals surface area contributed by atoms with Crippen molar-refractivity contribution >= 4 is 22.4 Å². The second-order valence-corrected chi connectivity index (χ2v) is 8.73. The predicted octanol–water partition coefficient (Wildman–Crippen LogP) is 4.52. The highest BCUT2D eigenvalue weighted by atomic mass is 16.2. The molecule has 1 amide bonds. The zero-order chi connectivity index (χ0) is 21.4. The maximum atomic E-state index is 13.3. The van der Waals surface area contributed by atoms with Crippen LogP contribution in [-0.4, -0.2) is 52.9 Å². The van der Waals surface area contributed by atoms with Gasteiger partial charge in [0.1, 0.15) is 0 Å². The molecule has 1 aliphatic carbocycles. The van der Waals surface area contributed by atoms with E-state index in [0.717, 1.165) is 39.0 Å². The summed E-state index contributed by atoms with van der Waals surface area (Å²) < 4.78 is 0. The van der Waals surface area contributed by atoms with E-state index >= 15 is 0 Å². The molecule has 0 saturated heterocycles. The number of fused-ring (bicyclic) bond motifs is 2. The summed E-state index contributed by atoms with van der Waals surface area (Å²) in [6.45, 7) is 7.43. The van der Waals surface area contributed by atoms with E-state index in [9.17, 15) is 4.79 Å². The lowest BCUT2D eigenvalue weighted by Gasteiger charge is -2.42. The molecule has 31 heavy (non-hydrogen) atoms. The summed E-state index contributed by atoms with van der Waals surface area (Å²) in [4.78, 5) is 21.3. The zero-order valence-electron chi connectivity index (χ0n) is 18.5. The Labute approximate surface area is 184 Å². The molecule has 0 bridgehead atoms. The van der Waals surface area contributed by atoms with Crippen LogP contribution in [-0.2, 0) is 17.6 Å². The molecule has 2 aromatic carbocycles. The molecule has 2 heterocycles. The van der Waals surface area contributed by atoms with Crippen LogP contribution in [0.2, 0.25) is 0 Å². The molecule has 1 aliphatic heterocycles. The highest BCUT2D eigenvalue weighted by molar-refractivity contribution is 5.99. The summed E-state index contributed by atoms with van der Waals surface area (Å²) in [5.74, 6) is 0.172. The van der Waals surface area contributed by atoms with Gasteiger partial charge in [0.2, 0.25) is 5.91 Å². The van der Waals surface area contributed by atoms with Crippen molar-refractivity contribution in [3.8, 4) is 0 Å². The lowest BCUT2D eigenvalue weighted by Crippen LogP contribution is -2.49. The molecule has 2 aliphatic rings. The first kappa shape index (κ1) is 20.1. The Hall–Kier alpha value is -2.85. The van der Waals surface area contributed by atoms with Crippen LogP contribution in [0.4, 0.5) is 0 Å². The molecule has 0 unspecified atom stereocenters. The van der Waals surface area contributed by atoms with Gasteiger partial charge in [-0.1, -0.05) is 48.5 Å². The van der Waals surface area contributed by atoms with E-state index in [1.165, 1.54) is 33.2 Å². The number of carbonyl (C=O) groups is 1. The SMILES string of the molecule is CCN(CC)C(=O)[C@@H]1C=C2c3cccc4[nH]cc(c34)C[C@H]2N(CCc2ccccc2)C1. The quantitative estimate of drug-likeness (QED) is 0.645. The molecule has 4 nitrogen and oxygen atoms in total. The van der Waals surface area contributed by atoms with Gasteiger partial charge in [-0.25, -0.2) is 0 Å². The molecule has 0 spiro atoms. The fourth-order valence-electron chi connectivity index (χ4n) is 5.41. The Bertz CT molecular complexity index is 1110. The lowest BCUT2D eigenvalue weighted by atomic mass is 9.79. The highest BCUT2D eigenvalue weighted by Gasteiger charge is 2.37. The Balaban J connectivity index is 1.52. The number of rotatable bonds is 6. The van der Waals surface area contributed by atoms with Gasteiger partial charge in [-0.05, 0) is 55.0 Å². The predicted molar refractivity (Wildman–Crippen MR) is 127 cm³/mol. The average Bonchev–Trinajstić information content (AvgIpc) is 3.23. The van der Waals surface area contributed by atoms with Gasteiger partial charge >= 0.3 is 0 Å². The van der Waals surface area contributed by atoms with E-state index in [1.54, 1.807) is 0 Å². The van der Waals surface area contributed by atoms with E-state index in [4.69, 9.17) is 0 Å². The number of aromatic nitrogens is 1. The van der Waals surface area contributed by atoms with Crippen molar-refractivity contribution in [2.45, 2.75) is 32.7 Å². The second kappa shape index (κ2) is 8.35. The van der Waals surface area contributed by atoms with Crippen LogP contribution in [0.25, 0.3) is 16.5 Å². The van der Waals surface area contributed by atoms with Crippen molar-refractivity contribution in [3.63, 3.8) is 0 Å². The number of benzene rings is 2. The standard InChI is InChI=1S/C27H31N3O/c1-3-29(4-2)27(31)21-15-23-22-11-8-12-24-26(22)20(17-28-24)16-25(23)30(18-21)14-13-19-9-6-5-7-10-19/h5-12,15,17,21,25,28H,3-4,13-14,16,18H2,1-2H3/t21-,25-/m1/s1. The van der Waals surface area contributed by atoms with Crippen LogP contribution in [0.3, 0.4) is 0 Å². The third-order valence-corrected chi connectivity index (χ3v) is 7.05. The summed E-state index contributed by atoms with van der Waals surface area (Å²) >= 11 is 0. The van der Waals surface area contributed by atoms with Crippen LogP contribution in [0.15, 0.2) is 60.8 Å². The molecule has 3 aromatic rings. The Morgan fingerprint density at radius 2 is 1.90 bits per heavy atom. The highest BCUT2D eigenvalue weighted by Crippen LogP contribution is 2.41. The minimum absolute atomic E-state index is 0.0855. The molecule has 160 valence electrons. The first-order valence-corrected chi connectivity index (χ1v) is 11.6. The Morgan fingerprint density at radius 3 is 2.68 bits per heavy atom. The van der Waals surface area contributed by atoms with Crippen LogP contribution >= 0.6 is 0 Å². The molecule has 0 radical (unpaired) electrons. The van der Waals surface area contributed by atoms with Gasteiger partial charge in [-0.3, -0.25) is 9.69 Å². The van der Waals surface area contributed by atoms with E-state index in [-0.39, 0.29) is 11.8 Å². The third-order valence-electron chi connectivity index (χ3n) is 7.05. The number of aromatic amines is 1. The van der Waals surface area contributed by atoms with Crippen molar-refractivity contribution in [2.24, 2.45) is 5.92 Å². The van der Waals surface area contributed by atoms with Crippen LogP contribution < -0.4 is 0 Å². The summed E-state index contributed by atoms with van der Waals surface area (Å²) in [5.41, 5.74) is 6.57. The van der Waals surface area contributed by atoms with E-state index in [0.29, 0.717) is 6.04 Å². The van der Waals surface area contributed by atoms with Gasteiger partial charge in [0, 0.05) is 49.3 Å². The monoisotopic (exact) mass is 413 g/mol. The number of nitrogens with zero attached hydrogens (tertiary/aromatic N) is 2. The smallest absolute Gasteiger partial charge is 0.230 e. The van der Waals surface area contributed by atoms with Crippen LogP contribution in [0.5, 0.6) is 0 Å². The maximum absolute atomic E-state index is 13.3. The van der Waals surface area contributed by atoms with Crippen LogP contribution in [0, 0.1) is 5.92 Å². The van der Waals surface area contributed by atoms with Crippen molar-refractivity contribution in [3.05, 3.63) is 77.5 Å². The number of hydrogen-bond donors (Lipinski definition) is 1. The number of H-pyrrole nitrogens is 1. The first-order chi connectivity index (χ1) is 15.2. The summed E-state index contributed by atoms with van der Waals surface area (Å²) in [7, 11) is 0. The van der Waals surface area contributed by atoms with Crippen molar-refractivity contribution in [2.75, 3.05) is 26.2 Å². The molecule has 5 rings (SSSR count). The van der Waals surface area contributed by atoms with Gasteiger partial charge in [0.25, 0.3) is 0 Å². The van der Waals surface area contributed by atoms with Gasteiger partial charge in [-0.2, -0.15) is 0 Å². The zero-order valence-corrected chi connectivity index (χ0v) is 18.5. The largest absolute Gasteiger partial charge is 0.361 e. The van der Waals surface area contributed by atoms with E-state index in [2.05, 4.69) is 84.5 Å². The molecule has 2 atom stereocenters. The molecular weight excluding hydrogens is 382 g/mol. The molecular formula is C27H31N3O. The fourth-order valence-corrected chi connectivity index (χ4v) is 5.41. The topological polar surface area (TPSA) is 39.3 Å².